The van der Waals surface area contributed by atoms with Crippen molar-refractivity contribution in [2.75, 3.05) is 19.0 Å². The molecule has 0 unspecified atom stereocenters. The number of nitrogens with two attached hydrogens (primary N) is 1. The molecular formula is C5H11NO4S. The first kappa shape index (κ1) is 10.7. The third-order valence-corrected chi connectivity index (χ3v) is 1.21. The van der Waals surface area contributed by atoms with E-state index in [0.29, 0.717) is 0 Å². The van der Waals surface area contributed by atoms with Crippen molar-refractivity contribution >= 4 is 18.6 Å². The predicted octanol–water partition coefficient (Wildman–Crippen LogP) is -1.29. The fraction of sp³-hybridized carbons (Fsp3) is 0.800. The Balaban J connectivity index is 3.36. The van der Waals surface area contributed by atoms with E-state index in [0.717, 1.165) is 0 Å². The van der Waals surface area contributed by atoms with E-state index >= 15 is 0 Å². The Morgan fingerprint density at radius 3 is 2.82 bits per heavy atom. The minimum absolute atomic E-state index is 0.0506. The monoisotopic (exact) mass is 181 g/mol. The zero-order valence-electron chi connectivity index (χ0n) is 5.90. The molecule has 0 bridgehead atoms. The third-order valence-electron chi connectivity index (χ3n) is 0.815. The number of aliphatic hydroxyl groups is 1. The molecule has 0 heterocycles. The second-order valence-electron chi connectivity index (χ2n) is 1.74. The van der Waals surface area contributed by atoms with E-state index in [4.69, 9.17) is 10.8 Å². The summed E-state index contributed by atoms with van der Waals surface area (Å²) < 4.78 is 0. The lowest BCUT2D eigenvalue weighted by Crippen LogP contribution is -2.34. The summed E-state index contributed by atoms with van der Waals surface area (Å²) in [5.74, 6) is -0.491. The number of carbonyl (C=O) groups excluding carboxylic acids is 1. The van der Waals surface area contributed by atoms with Gasteiger partial charge >= 0.3 is 5.97 Å². The molecule has 1 atom stereocenters. The van der Waals surface area contributed by atoms with Crippen molar-refractivity contribution in [2.45, 2.75) is 6.04 Å². The molecule has 0 saturated heterocycles. The Labute approximate surface area is 69.8 Å². The van der Waals surface area contributed by atoms with Crippen molar-refractivity contribution < 1.29 is 19.7 Å². The van der Waals surface area contributed by atoms with Crippen molar-refractivity contribution in [3.63, 3.8) is 0 Å². The molecule has 66 valence electrons. The zero-order valence-corrected chi connectivity index (χ0v) is 6.79. The first-order valence-corrected chi connectivity index (χ1v) is 3.66. The lowest BCUT2D eigenvalue weighted by atomic mass is 10.4. The van der Waals surface area contributed by atoms with Gasteiger partial charge in [-0.25, -0.2) is 4.79 Å². The van der Waals surface area contributed by atoms with Gasteiger partial charge < -0.3 is 10.8 Å². The molecule has 5 nitrogen and oxygen atoms in total. The van der Waals surface area contributed by atoms with Crippen LogP contribution in [0.5, 0.6) is 0 Å². The number of hydrogen-bond donors (Lipinski definition) is 3. The minimum atomic E-state index is -0.781. The standard InChI is InChI=1S/C5H11NO4S/c6-4(3-11)5(8)10-9-2-1-7/h4,7,11H,1-3,6H2/t4-/m1/s1. The average Bonchev–Trinajstić information content (AvgIpc) is 2.03. The van der Waals surface area contributed by atoms with Crippen molar-refractivity contribution in [1.82, 2.24) is 0 Å². The van der Waals surface area contributed by atoms with Gasteiger partial charge in [-0.15, -0.1) is 0 Å². The molecule has 0 aliphatic heterocycles. The third kappa shape index (κ3) is 5.02. The summed E-state index contributed by atoms with van der Waals surface area (Å²) in [4.78, 5) is 19.1. The smallest absolute Gasteiger partial charge is 0.359 e. The van der Waals surface area contributed by atoms with E-state index in [1.165, 1.54) is 0 Å². The summed E-state index contributed by atoms with van der Waals surface area (Å²) in [5, 5.41) is 8.21. The van der Waals surface area contributed by atoms with Gasteiger partial charge in [0.15, 0.2) is 0 Å². The molecule has 0 amide bonds. The van der Waals surface area contributed by atoms with Gasteiger partial charge in [-0.3, -0.25) is 4.89 Å². The lowest BCUT2D eigenvalue weighted by molar-refractivity contribution is -0.275. The lowest BCUT2D eigenvalue weighted by Gasteiger charge is -2.05. The summed E-state index contributed by atoms with van der Waals surface area (Å²) in [6.07, 6.45) is 0. The maximum Gasteiger partial charge on any atom is 0.359 e. The predicted molar refractivity (Wildman–Crippen MR) is 41.0 cm³/mol. The molecule has 0 aromatic carbocycles. The number of thiol groups is 1. The van der Waals surface area contributed by atoms with Crippen LogP contribution in [0.25, 0.3) is 0 Å². The summed E-state index contributed by atoms with van der Waals surface area (Å²) in [6, 6.07) is -0.781. The highest BCUT2D eigenvalue weighted by Gasteiger charge is 2.13. The second-order valence-corrected chi connectivity index (χ2v) is 2.10. The van der Waals surface area contributed by atoms with Crippen LogP contribution in [0, 0.1) is 0 Å². The summed E-state index contributed by atoms with van der Waals surface area (Å²) >= 11 is 3.77. The van der Waals surface area contributed by atoms with Gasteiger partial charge in [-0.1, -0.05) is 0 Å². The Morgan fingerprint density at radius 2 is 2.36 bits per heavy atom. The Hall–Kier alpha value is -0.300. The maximum absolute atomic E-state index is 10.6. The zero-order chi connectivity index (χ0) is 8.69. The fourth-order valence-electron chi connectivity index (χ4n) is 0.273. The van der Waals surface area contributed by atoms with Crippen LogP contribution >= 0.6 is 12.6 Å². The number of rotatable bonds is 5. The molecule has 0 fully saturated rings. The Bertz CT molecular complexity index is 121. The SMILES string of the molecule is N[C@H](CS)C(=O)OOCCO. The molecule has 0 spiro atoms. The largest absolute Gasteiger partial charge is 0.394 e. The van der Waals surface area contributed by atoms with Gasteiger partial charge in [0.1, 0.15) is 12.6 Å². The van der Waals surface area contributed by atoms with E-state index in [2.05, 4.69) is 22.4 Å². The number of aliphatic hydroxyl groups excluding tert-OH is 1. The summed E-state index contributed by atoms with van der Waals surface area (Å²) in [5.41, 5.74) is 5.21. The molecule has 3 N–H and O–H groups in total. The van der Waals surface area contributed by atoms with E-state index in [1.807, 2.05) is 0 Å². The van der Waals surface area contributed by atoms with Gasteiger partial charge in [0, 0.05) is 5.75 Å². The molecule has 6 heteroatoms. The van der Waals surface area contributed by atoms with E-state index < -0.39 is 12.0 Å². The van der Waals surface area contributed by atoms with Crippen LogP contribution in [0.4, 0.5) is 0 Å². The van der Waals surface area contributed by atoms with Crippen LogP contribution < -0.4 is 5.73 Å². The molecule has 0 aliphatic carbocycles. The highest BCUT2D eigenvalue weighted by atomic mass is 32.1. The fourth-order valence-corrected chi connectivity index (χ4v) is 0.422. The van der Waals surface area contributed by atoms with Crippen LogP contribution in [0.1, 0.15) is 0 Å². The molecule has 0 aromatic rings. The topological polar surface area (TPSA) is 81.8 Å². The first-order chi connectivity index (χ1) is 5.22. The van der Waals surface area contributed by atoms with Gasteiger partial charge in [0.2, 0.25) is 0 Å². The summed E-state index contributed by atoms with van der Waals surface area (Å²) in [6.45, 7) is -0.256. The Kier molecular flexibility index (Phi) is 6.24. The van der Waals surface area contributed by atoms with E-state index in [1.54, 1.807) is 0 Å². The van der Waals surface area contributed by atoms with Crippen LogP contribution in [0.2, 0.25) is 0 Å². The molecule has 0 rings (SSSR count). The second kappa shape index (κ2) is 6.41. The number of hydrogen-bond acceptors (Lipinski definition) is 6. The van der Waals surface area contributed by atoms with Gasteiger partial charge in [0.05, 0.1) is 6.61 Å². The molecule has 0 aromatic heterocycles. The molecule has 0 radical (unpaired) electrons. The van der Waals surface area contributed by atoms with E-state index in [9.17, 15) is 4.79 Å². The van der Waals surface area contributed by atoms with Gasteiger partial charge in [0.25, 0.3) is 0 Å². The van der Waals surface area contributed by atoms with E-state index in [-0.39, 0.29) is 19.0 Å². The van der Waals surface area contributed by atoms with Crippen molar-refractivity contribution in [2.24, 2.45) is 5.73 Å². The van der Waals surface area contributed by atoms with Gasteiger partial charge in [-0.2, -0.15) is 17.5 Å². The normalized spacial score (nSPS) is 12.6. The number of carbonyl (C=O) groups is 1. The molecule has 0 saturated carbocycles. The first-order valence-electron chi connectivity index (χ1n) is 3.03. The maximum atomic E-state index is 10.6. The highest BCUT2D eigenvalue weighted by Crippen LogP contribution is 1.89. The molecule has 11 heavy (non-hydrogen) atoms. The average molecular weight is 181 g/mol. The van der Waals surface area contributed by atoms with Crippen molar-refractivity contribution in [1.29, 1.82) is 0 Å². The minimum Gasteiger partial charge on any atom is -0.394 e. The van der Waals surface area contributed by atoms with Crippen LogP contribution in [0.3, 0.4) is 0 Å². The van der Waals surface area contributed by atoms with Crippen LogP contribution in [0.15, 0.2) is 0 Å². The highest BCUT2D eigenvalue weighted by molar-refractivity contribution is 7.80. The quantitative estimate of drug-likeness (QED) is 0.213. The van der Waals surface area contributed by atoms with Crippen LogP contribution in [-0.4, -0.2) is 36.1 Å². The van der Waals surface area contributed by atoms with Crippen molar-refractivity contribution in [3.8, 4) is 0 Å². The molecule has 0 aliphatic rings. The van der Waals surface area contributed by atoms with Gasteiger partial charge in [-0.05, 0) is 0 Å². The van der Waals surface area contributed by atoms with Crippen LogP contribution in [-0.2, 0) is 14.6 Å². The molecular weight excluding hydrogens is 170 g/mol. The summed E-state index contributed by atoms with van der Waals surface area (Å²) in [7, 11) is 0. The van der Waals surface area contributed by atoms with Crippen molar-refractivity contribution in [3.05, 3.63) is 0 Å². The Morgan fingerprint density at radius 1 is 1.73 bits per heavy atom.